The summed E-state index contributed by atoms with van der Waals surface area (Å²) in [6, 6.07) is 2.73. The average Bonchev–Trinajstić information content (AvgIpc) is 2.13. The van der Waals surface area contributed by atoms with Crippen molar-refractivity contribution in [2.45, 2.75) is 25.3 Å². The minimum absolute atomic E-state index is 0.433. The maximum Gasteiger partial charge on any atom is 0.0638 e. The fourth-order valence-electron chi connectivity index (χ4n) is 2.38. The molecule has 0 amide bonds. The SMILES string of the molecule is CN1CCCC(C(CC#N)N(C)C)C1. The summed E-state index contributed by atoms with van der Waals surface area (Å²) in [6.45, 7) is 2.35. The zero-order chi connectivity index (χ0) is 10.6. The Balaban J connectivity index is 2.54. The van der Waals surface area contributed by atoms with Crippen LogP contribution < -0.4 is 0 Å². The molecule has 14 heavy (non-hydrogen) atoms. The molecule has 1 saturated heterocycles. The Morgan fingerprint density at radius 3 is 2.79 bits per heavy atom. The van der Waals surface area contributed by atoms with Gasteiger partial charge in [-0.05, 0) is 46.4 Å². The lowest BCUT2D eigenvalue weighted by molar-refractivity contribution is 0.124. The lowest BCUT2D eigenvalue weighted by atomic mass is 9.88. The second-order valence-corrected chi connectivity index (χ2v) is 4.56. The molecule has 1 aliphatic rings. The van der Waals surface area contributed by atoms with Crippen LogP contribution in [0.15, 0.2) is 0 Å². The standard InChI is InChI=1S/C11H21N3/c1-13(2)11(6-7-12)10-5-4-8-14(3)9-10/h10-11H,4-6,8-9H2,1-3H3. The quantitative estimate of drug-likeness (QED) is 0.677. The van der Waals surface area contributed by atoms with Crippen molar-refractivity contribution in [3.05, 3.63) is 0 Å². The molecule has 0 aromatic rings. The third-order valence-corrected chi connectivity index (χ3v) is 3.17. The van der Waals surface area contributed by atoms with Gasteiger partial charge in [0.15, 0.2) is 0 Å². The van der Waals surface area contributed by atoms with Crippen molar-refractivity contribution in [1.82, 2.24) is 9.80 Å². The highest BCUT2D eigenvalue weighted by atomic mass is 15.1. The molecule has 1 aliphatic heterocycles. The molecule has 0 aromatic heterocycles. The number of nitriles is 1. The van der Waals surface area contributed by atoms with Gasteiger partial charge in [0, 0.05) is 12.6 Å². The van der Waals surface area contributed by atoms with Gasteiger partial charge in [0.25, 0.3) is 0 Å². The molecule has 0 spiro atoms. The van der Waals surface area contributed by atoms with Gasteiger partial charge in [0.1, 0.15) is 0 Å². The number of nitrogens with zero attached hydrogens (tertiary/aromatic N) is 3. The Kier molecular flexibility index (Phi) is 4.37. The Morgan fingerprint density at radius 2 is 2.29 bits per heavy atom. The second-order valence-electron chi connectivity index (χ2n) is 4.56. The van der Waals surface area contributed by atoms with Crippen molar-refractivity contribution in [1.29, 1.82) is 5.26 Å². The summed E-state index contributed by atoms with van der Waals surface area (Å²) >= 11 is 0. The zero-order valence-electron chi connectivity index (χ0n) is 9.53. The number of likely N-dealkylation sites (tertiary alicyclic amines) is 1. The highest BCUT2D eigenvalue weighted by molar-refractivity contribution is 4.88. The summed E-state index contributed by atoms with van der Waals surface area (Å²) in [5, 5.41) is 8.79. The van der Waals surface area contributed by atoms with Crippen LogP contribution in [0.3, 0.4) is 0 Å². The highest BCUT2D eigenvalue weighted by Crippen LogP contribution is 2.22. The van der Waals surface area contributed by atoms with Crippen molar-refractivity contribution in [3.63, 3.8) is 0 Å². The molecular weight excluding hydrogens is 174 g/mol. The lowest BCUT2D eigenvalue weighted by Gasteiger charge is -2.37. The maximum atomic E-state index is 8.79. The van der Waals surface area contributed by atoms with Gasteiger partial charge in [0.05, 0.1) is 12.5 Å². The first-order valence-electron chi connectivity index (χ1n) is 5.37. The van der Waals surface area contributed by atoms with Crippen LogP contribution in [0, 0.1) is 17.2 Å². The largest absolute Gasteiger partial charge is 0.306 e. The van der Waals surface area contributed by atoms with Crippen LogP contribution in [0.5, 0.6) is 0 Å². The highest BCUT2D eigenvalue weighted by Gasteiger charge is 2.26. The van der Waals surface area contributed by atoms with E-state index in [1.54, 1.807) is 0 Å². The number of piperidine rings is 1. The van der Waals surface area contributed by atoms with E-state index in [1.807, 2.05) is 0 Å². The molecule has 2 atom stereocenters. The third kappa shape index (κ3) is 2.97. The van der Waals surface area contributed by atoms with Crippen molar-refractivity contribution >= 4 is 0 Å². The Hall–Kier alpha value is -0.590. The fourth-order valence-corrected chi connectivity index (χ4v) is 2.38. The fraction of sp³-hybridized carbons (Fsp3) is 0.909. The van der Waals surface area contributed by atoms with E-state index in [4.69, 9.17) is 5.26 Å². The molecule has 1 fully saturated rings. The summed E-state index contributed by atoms with van der Waals surface area (Å²) in [6.07, 6.45) is 3.21. The van der Waals surface area contributed by atoms with Crippen molar-refractivity contribution in [2.75, 3.05) is 34.2 Å². The molecule has 0 aliphatic carbocycles. The molecule has 0 bridgehead atoms. The summed E-state index contributed by atoms with van der Waals surface area (Å²) in [5.41, 5.74) is 0. The normalized spacial score (nSPS) is 26.1. The van der Waals surface area contributed by atoms with Crippen LogP contribution in [-0.2, 0) is 0 Å². The van der Waals surface area contributed by atoms with Gasteiger partial charge in [-0.25, -0.2) is 0 Å². The van der Waals surface area contributed by atoms with Gasteiger partial charge < -0.3 is 9.80 Å². The third-order valence-electron chi connectivity index (χ3n) is 3.17. The number of hydrogen-bond donors (Lipinski definition) is 0. The molecule has 3 heteroatoms. The smallest absolute Gasteiger partial charge is 0.0638 e. The van der Waals surface area contributed by atoms with E-state index in [1.165, 1.54) is 19.4 Å². The van der Waals surface area contributed by atoms with E-state index >= 15 is 0 Å². The molecule has 1 heterocycles. The Bertz CT molecular complexity index is 207. The van der Waals surface area contributed by atoms with Crippen LogP contribution in [0.2, 0.25) is 0 Å². The molecule has 0 radical (unpaired) electrons. The minimum Gasteiger partial charge on any atom is -0.306 e. The first-order chi connectivity index (χ1) is 6.65. The van der Waals surface area contributed by atoms with Gasteiger partial charge >= 0.3 is 0 Å². The molecular formula is C11H21N3. The van der Waals surface area contributed by atoms with E-state index in [-0.39, 0.29) is 0 Å². The molecule has 0 N–H and O–H groups in total. The monoisotopic (exact) mass is 195 g/mol. The Labute approximate surface area is 87.3 Å². The molecule has 3 nitrogen and oxygen atoms in total. The van der Waals surface area contributed by atoms with Crippen molar-refractivity contribution < 1.29 is 0 Å². The molecule has 0 aromatic carbocycles. The van der Waals surface area contributed by atoms with E-state index in [9.17, 15) is 0 Å². The number of rotatable bonds is 3. The van der Waals surface area contributed by atoms with Crippen LogP contribution >= 0.6 is 0 Å². The topological polar surface area (TPSA) is 30.3 Å². The van der Waals surface area contributed by atoms with Gasteiger partial charge in [-0.1, -0.05) is 0 Å². The predicted molar refractivity (Wildman–Crippen MR) is 57.9 cm³/mol. The molecule has 2 unspecified atom stereocenters. The number of hydrogen-bond acceptors (Lipinski definition) is 3. The van der Waals surface area contributed by atoms with E-state index in [0.29, 0.717) is 18.4 Å². The van der Waals surface area contributed by atoms with Gasteiger partial charge in [-0.15, -0.1) is 0 Å². The molecule has 0 saturated carbocycles. The van der Waals surface area contributed by atoms with Gasteiger partial charge in [-0.3, -0.25) is 0 Å². The summed E-state index contributed by atoms with van der Waals surface area (Å²) in [4.78, 5) is 4.58. The summed E-state index contributed by atoms with van der Waals surface area (Å²) in [7, 11) is 6.33. The van der Waals surface area contributed by atoms with Gasteiger partial charge in [-0.2, -0.15) is 5.26 Å². The lowest BCUT2D eigenvalue weighted by Crippen LogP contribution is -2.43. The second kappa shape index (κ2) is 5.33. The van der Waals surface area contributed by atoms with E-state index in [2.05, 4.69) is 37.0 Å². The average molecular weight is 195 g/mol. The van der Waals surface area contributed by atoms with Crippen LogP contribution in [-0.4, -0.2) is 50.1 Å². The van der Waals surface area contributed by atoms with E-state index in [0.717, 1.165) is 6.54 Å². The summed E-state index contributed by atoms with van der Waals surface area (Å²) < 4.78 is 0. The van der Waals surface area contributed by atoms with Gasteiger partial charge in [0.2, 0.25) is 0 Å². The molecule has 80 valence electrons. The van der Waals surface area contributed by atoms with Crippen molar-refractivity contribution in [2.24, 2.45) is 5.92 Å². The van der Waals surface area contributed by atoms with Crippen LogP contribution in [0.4, 0.5) is 0 Å². The maximum absolute atomic E-state index is 8.79. The first-order valence-corrected chi connectivity index (χ1v) is 5.37. The zero-order valence-corrected chi connectivity index (χ0v) is 9.53. The van der Waals surface area contributed by atoms with E-state index < -0.39 is 0 Å². The Morgan fingerprint density at radius 1 is 1.57 bits per heavy atom. The first kappa shape index (κ1) is 11.5. The van der Waals surface area contributed by atoms with Crippen LogP contribution in [0.1, 0.15) is 19.3 Å². The van der Waals surface area contributed by atoms with Crippen LogP contribution in [0.25, 0.3) is 0 Å². The molecule has 1 rings (SSSR count). The van der Waals surface area contributed by atoms with Crippen molar-refractivity contribution in [3.8, 4) is 6.07 Å². The minimum atomic E-state index is 0.433. The summed E-state index contributed by atoms with van der Waals surface area (Å²) in [5.74, 6) is 0.670. The predicted octanol–water partition coefficient (Wildman–Crippen LogP) is 1.17.